The van der Waals surface area contributed by atoms with Gasteiger partial charge in [0.25, 0.3) is 0 Å². The van der Waals surface area contributed by atoms with Crippen LogP contribution in [0.3, 0.4) is 0 Å². The number of hydrogen-bond acceptors (Lipinski definition) is 1. The molecule has 0 aromatic carbocycles. The number of allylic oxidation sites excluding steroid dienone is 2. The molecule has 4 aliphatic rings. The van der Waals surface area contributed by atoms with E-state index in [4.69, 9.17) is 4.43 Å². The third-order valence-corrected chi connectivity index (χ3v) is 9.50. The van der Waals surface area contributed by atoms with Gasteiger partial charge in [-0.3, -0.25) is 0 Å². The zero-order valence-corrected chi connectivity index (χ0v) is 17.6. The molecule has 0 radical (unpaired) electrons. The number of rotatable bonds is 2. The average molecular weight is 347 g/mol. The van der Waals surface area contributed by atoms with Gasteiger partial charge in [-0.25, -0.2) is 0 Å². The Balaban J connectivity index is 1.51. The van der Waals surface area contributed by atoms with Gasteiger partial charge in [-0.2, -0.15) is 0 Å². The van der Waals surface area contributed by atoms with Crippen LogP contribution in [-0.2, 0) is 4.43 Å². The van der Waals surface area contributed by atoms with E-state index in [9.17, 15) is 0 Å². The molecule has 0 spiro atoms. The second-order valence-corrected chi connectivity index (χ2v) is 15.4. The van der Waals surface area contributed by atoms with E-state index in [1.54, 1.807) is 0 Å². The van der Waals surface area contributed by atoms with E-state index >= 15 is 0 Å². The molecule has 0 heterocycles. The lowest BCUT2D eigenvalue weighted by Gasteiger charge is -2.60. The summed E-state index contributed by atoms with van der Waals surface area (Å²) >= 11 is 0. The minimum Gasteiger partial charge on any atom is -0.415 e. The van der Waals surface area contributed by atoms with Gasteiger partial charge in [-0.15, -0.1) is 0 Å². The monoisotopic (exact) mass is 346 g/mol. The van der Waals surface area contributed by atoms with Crippen LogP contribution in [0.2, 0.25) is 19.6 Å². The van der Waals surface area contributed by atoms with E-state index in [1.165, 1.54) is 51.4 Å². The highest BCUT2D eigenvalue weighted by molar-refractivity contribution is 6.69. The van der Waals surface area contributed by atoms with Gasteiger partial charge in [-0.05, 0) is 106 Å². The third-order valence-electron chi connectivity index (χ3n) is 8.46. The lowest BCUT2D eigenvalue weighted by molar-refractivity contribution is -0.114. The Labute approximate surface area is 150 Å². The summed E-state index contributed by atoms with van der Waals surface area (Å²) in [5.74, 6) is 3.86. The molecule has 0 aromatic heterocycles. The molecule has 3 saturated carbocycles. The summed E-state index contributed by atoms with van der Waals surface area (Å²) in [5, 5.41) is 0. The topological polar surface area (TPSA) is 9.23 Å². The van der Waals surface area contributed by atoms with E-state index in [1.807, 2.05) is 0 Å². The van der Waals surface area contributed by atoms with E-state index in [2.05, 4.69) is 45.6 Å². The Morgan fingerprint density at radius 2 is 1.75 bits per heavy atom. The highest BCUT2D eigenvalue weighted by atomic mass is 28.4. The molecule has 0 N–H and O–H groups in total. The van der Waals surface area contributed by atoms with Crippen LogP contribution in [0.15, 0.2) is 12.2 Å². The molecule has 4 aliphatic carbocycles. The number of hydrogen-bond donors (Lipinski definition) is 0. The molecule has 0 saturated heterocycles. The molecular formula is C22H38OSi. The van der Waals surface area contributed by atoms with Gasteiger partial charge in [0.2, 0.25) is 0 Å². The zero-order chi connectivity index (χ0) is 17.2. The smallest absolute Gasteiger partial charge is 0.184 e. The molecule has 7 atom stereocenters. The first-order valence-electron chi connectivity index (χ1n) is 10.6. The fourth-order valence-corrected chi connectivity index (χ4v) is 8.52. The highest BCUT2D eigenvalue weighted by Gasteiger charge is 2.57. The molecule has 3 fully saturated rings. The van der Waals surface area contributed by atoms with Crippen LogP contribution in [0.1, 0.15) is 65.2 Å². The van der Waals surface area contributed by atoms with Crippen molar-refractivity contribution < 1.29 is 4.43 Å². The average Bonchev–Trinajstić information content (AvgIpc) is 2.88. The van der Waals surface area contributed by atoms with E-state index in [0.29, 0.717) is 16.9 Å². The third kappa shape index (κ3) is 2.76. The quantitative estimate of drug-likeness (QED) is 0.414. The van der Waals surface area contributed by atoms with E-state index in [0.717, 1.165) is 23.7 Å². The van der Waals surface area contributed by atoms with Crippen molar-refractivity contribution in [3.63, 3.8) is 0 Å². The van der Waals surface area contributed by atoms with Crippen molar-refractivity contribution in [2.75, 3.05) is 0 Å². The van der Waals surface area contributed by atoms with Crippen molar-refractivity contribution in [3.8, 4) is 0 Å². The Kier molecular flexibility index (Phi) is 4.12. The van der Waals surface area contributed by atoms with E-state index in [-0.39, 0.29) is 0 Å². The van der Waals surface area contributed by atoms with Gasteiger partial charge < -0.3 is 4.43 Å². The molecule has 0 bridgehead atoms. The van der Waals surface area contributed by atoms with Crippen molar-refractivity contribution in [2.45, 2.75) is 91.0 Å². The standard InChI is InChI=1S/C22H38OSi/c1-21-12-6-7-19(21)18-9-8-16-15-17(23-24(3,4)5)10-14-22(16,2)20(18)11-13-21/h6,12,16-20H,7-11,13-15H2,1-5H3/t16-,17-,18-,19-,20-,21-,22-/m0/s1. The van der Waals surface area contributed by atoms with Gasteiger partial charge in [0.05, 0.1) is 0 Å². The summed E-state index contributed by atoms with van der Waals surface area (Å²) in [4.78, 5) is 0. The van der Waals surface area contributed by atoms with Crippen LogP contribution in [0.4, 0.5) is 0 Å². The second-order valence-electron chi connectivity index (χ2n) is 11.0. The lowest BCUT2D eigenvalue weighted by atomic mass is 9.45. The van der Waals surface area contributed by atoms with Crippen molar-refractivity contribution in [1.82, 2.24) is 0 Å². The second kappa shape index (κ2) is 5.71. The Morgan fingerprint density at radius 3 is 2.50 bits per heavy atom. The van der Waals surface area contributed by atoms with Crippen LogP contribution in [0.25, 0.3) is 0 Å². The van der Waals surface area contributed by atoms with Crippen LogP contribution in [0, 0.1) is 34.5 Å². The maximum Gasteiger partial charge on any atom is 0.184 e. The normalized spacial score (nSPS) is 51.0. The van der Waals surface area contributed by atoms with Gasteiger partial charge in [0.1, 0.15) is 0 Å². The molecule has 0 amide bonds. The predicted octanol–water partition coefficient (Wildman–Crippen LogP) is 6.42. The molecule has 0 aromatic rings. The Hall–Kier alpha value is -0.0831. The van der Waals surface area contributed by atoms with Gasteiger partial charge in [0, 0.05) is 6.10 Å². The van der Waals surface area contributed by atoms with Crippen molar-refractivity contribution >= 4 is 8.32 Å². The summed E-state index contributed by atoms with van der Waals surface area (Å²) in [6.45, 7) is 12.3. The lowest BCUT2D eigenvalue weighted by Crippen LogP contribution is -2.54. The SMILES string of the molecule is C[C@]12CC[C@H](O[Si](C)(C)C)C[C@@H]1CC[C@@H]1[C@@H]2CC[C@]2(C)C=CC[C@@H]12. The van der Waals surface area contributed by atoms with Crippen molar-refractivity contribution in [3.05, 3.63) is 12.2 Å². The maximum atomic E-state index is 6.52. The summed E-state index contributed by atoms with van der Waals surface area (Å²) in [6.07, 6.45) is 17.0. The fourth-order valence-electron chi connectivity index (χ4n) is 7.31. The predicted molar refractivity (Wildman–Crippen MR) is 104 cm³/mol. The highest BCUT2D eigenvalue weighted by Crippen LogP contribution is 2.65. The Morgan fingerprint density at radius 1 is 0.958 bits per heavy atom. The fraction of sp³-hybridized carbons (Fsp3) is 0.909. The van der Waals surface area contributed by atoms with Gasteiger partial charge in [-0.1, -0.05) is 26.0 Å². The van der Waals surface area contributed by atoms with E-state index < -0.39 is 8.32 Å². The van der Waals surface area contributed by atoms with Crippen LogP contribution >= 0.6 is 0 Å². The van der Waals surface area contributed by atoms with Gasteiger partial charge in [0.15, 0.2) is 8.32 Å². The van der Waals surface area contributed by atoms with Crippen molar-refractivity contribution in [2.24, 2.45) is 34.5 Å². The minimum absolute atomic E-state index is 0.530. The summed E-state index contributed by atoms with van der Waals surface area (Å²) in [7, 11) is -1.40. The first-order valence-corrected chi connectivity index (χ1v) is 14.0. The Bertz CT molecular complexity index is 521. The van der Waals surface area contributed by atoms with Crippen LogP contribution in [0.5, 0.6) is 0 Å². The first kappa shape index (κ1) is 17.3. The summed E-state index contributed by atoms with van der Waals surface area (Å²) in [6, 6.07) is 0. The first-order chi connectivity index (χ1) is 11.2. The minimum atomic E-state index is -1.40. The maximum absolute atomic E-state index is 6.52. The molecular weight excluding hydrogens is 308 g/mol. The van der Waals surface area contributed by atoms with Crippen molar-refractivity contribution in [1.29, 1.82) is 0 Å². The molecule has 0 unspecified atom stereocenters. The summed E-state index contributed by atoms with van der Waals surface area (Å²) < 4.78 is 6.52. The zero-order valence-electron chi connectivity index (χ0n) is 16.6. The molecule has 1 nitrogen and oxygen atoms in total. The van der Waals surface area contributed by atoms with Crippen LogP contribution in [-0.4, -0.2) is 14.4 Å². The molecule has 4 rings (SSSR count). The van der Waals surface area contributed by atoms with Crippen LogP contribution < -0.4 is 0 Å². The molecule has 2 heteroatoms. The molecule has 24 heavy (non-hydrogen) atoms. The summed E-state index contributed by atoms with van der Waals surface area (Å²) in [5.41, 5.74) is 1.13. The van der Waals surface area contributed by atoms with Gasteiger partial charge >= 0.3 is 0 Å². The molecule has 136 valence electrons. The largest absolute Gasteiger partial charge is 0.415 e. The number of fused-ring (bicyclic) bond motifs is 5. The molecule has 0 aliphatic heterocycles.